The fraction of sp³-hybridized carbons (Fsp3) is 0.542. The first-order valence-electron chi connectivity index (χ1n) is 11.5. The smallest absolute Gasteiger partial charge is 0.410 e. The van der Waals surface area contributed by atoms with Gasteiger partial charge in [0.25, 0.3) is 11.8 Å². The SMILES string of the molecule is CN(c1cccc2c1C(=O)N(C1CCC(=O)NC1=O)C2=O)C1CCN(C(=O)OC(C)(C)C)CC1. The molecule has 10 heteroatoms. The monoisotopic (exact) mass is 470 g/mol. The highest BCUT2D eigenvalue weighted by Gasteiger charge is 2.46. The zero-order valence-electron chi connectivity index (χ0n) is 19.9. The van der Waals surface area contributed by atoms with Crippen LogP contribution in [0, 0.1) is 0 Å². The van der Waals surface area contributed by atoms with Gasteiger partial charge in [-0.1, -0.05) is 6.07 Å². The first-order chi connectivity index (χ1) is 16.0. The van der Waals surface area contributed by atoms with E-state index in [0.29, 0.717) is 31.6 Å². The van der Waals surface area contributed by atoms with Crippen LogP contribution in [0.1, 0.15) is 67.2 Å². The van der Waals surface area contributed by atoms with Crippen LogP contribution in [0.5, 0.6) is 0 Å². The second-order valence-corrected chi connectivity index (χ2v) is 9.96. The van der Waals surface area contributed by atoms with Crippen LogP contribution >= 0.6 is 0 Å². The molecule has 1 atom stereocenters. The number of likely N-dealkylation sites (tertiary alicyclic amines) is 1. The maximum absolute atomic E-state index is 13.4. The van der Waals surface area contributed by atoms with Crippen LogP contribution in [0.3, 0.4) is 0 Å². The summed E-state index contributed by atoms with van der Waals surface area (Å²) < 4.78 is 5.46. The molecule has 2 fully saturated rings. The van der Waals surface area contributed by atoms with Crippen LogP contribution in [0.4, 0.5) is 10.5 Å². The Balaban J connectivity index is 1.50. The Kier molecular flexibility index (Phi) is 6.09. The van der Waals surface area contributed by atoms with Gasteiger partial charge in [-0.25, -0.2) is 4.79 Å². The molecule has 10 nitrogen and oxygen atoms in total. The zero-order valence-corrected chi connectivity index (χ0v) is 19.9. The normalized spacial score (nSPS) is 21.5. The van der Waals surface area contributed by atoms with Crippen molar-refractivity contribution >= 4 is 35.4 Å². The Morgan fingerprint density at radius 1 is 1.06 bits per heavy atom. The number of benzene rings is 1. The zero-order chi connectivity index (χ0) is 24.8. The van der Waals surface area contributed by atoms with Gasteiger partial charge < -0.3 is 14.5 Å². The number of carbonyl (C=O) groups excluding carboxylic acids is 5. The summed E-state index contributed by atoms with van der Waals surface area (Å²) in [6.45, 7) is 6.54. The predicted molar refractivity (Wildman–Crippen MR) is 122 cm³/mol. The minimum atomic E-state index is -1.000. The fourth-order valence-electron chi connectivity index (χ4n) is 4.75. The second-order valence-electron chi connectivity index (χ2n) is 9.96. The van der Waals surface area contributed by atoms with E-state index < -0.39 is 35.3 Å². The number of hydrogen-bond donors (Lipinski definition) is 1. The number of rotatable bonds is 3. The molecule has 5 amide bonds. The van der Waals surface area contributed by atoms with Crippen LogP contribution in [-0.4, -0.2) is 77.3 Å². The molecular formula is C24H30N4O6. The van der Waals surface area contributed by atoms with Gasteiger partial charge in [0.1, 0.15) is 11.6 Å². The highest BCUT2D eigenvalue weighted by atomic mass is 16.6. The van der Waals surface area contributed by atoms with E-state index in [1.165, 1.54) is 0 Å². The summed E-state index contributed by atoms with van der Waals surface area (Å²) in [5.74, 6) is -2.08. The number of nitrogens with one attached hydrogen (secondary N) is 1. The minimum Gasteiger partial charge on any atom is -0.444 e. The number of amides is 5. The van der Waals surface area contributed by atoms with Crippen molar-refractivity contribution in [1.29, 1.82) is 0 Å². The van der Waals surface area contributed by atoms with Crippen molar-refractivity contribution in [3.05, 3.63) is 29.3 Å². The van der Waals surface area contributed by atoms with Crippen molar-refractivity contribution in [3.8, 4) is 0 Å². The molecule has 0 aromatic heterocycles. The van der Waals surface area contributed by atoms with Gasteiger partial charge in [-0.2, -0.15) is 0 Å². The van der Waals surface area contributed by atoms with Crippen LogP contribution in [0.2, 0.25) is 0 Å². The van der Waals surface area contributed by atoms with E-state index in [2.05, 4.69) is 5.32 Å². The minimum absolute atomic E-state index is 0.0535. The highest BCUT2D eigenvalue weighted by molar-refractivity contribution is 6.25. The van der Waals surface area contributed by atoms with E-state index in [1.807, 2.05) is 32.7 Å². The van der Waals surface area contributed by atoms with Crippen LogP contribution < -0.4 is 10.2 Å². The van der Waals surface area contributed by atoms with Crippen molar-refractivity contribution in [2.45, 2.75) is 64.1 Å². The molecule has 4 rings (SSSR count). The van der Waals surface area contributed by atoms with Crippen molar-refractivity contribution in [2.24, 2.45) is 0 Å². The molecule has 34 heavy (non-hydrogen) atoms. The van der Waals surface area contributed by atoms with Crippen molar-refractivity contribution in [3.63, 3.8) is 0 Å². The quantitative estimate of drug-likeness (QED) is 0.671. The van der Waals surface area contributed by atoms with Crippen LogP contribution in [0.15, 0.2) is 18.2 Å². The summed E-state index contributed by atoms with van der Waals surface area (Å²) in [6.07, 6.45) is 1.21. The first-order valence-corrected chi connectivity index (χ1v) is 11.5. The van der Waals surface area contributed by atoms with E-state index in [1.54, 1.807) is 23.1 Å². The molecule has 0 saturated carbocycles. The molecule has 3 aliphatic rings. The number of ether oxygens (including phenoxy) is 1. The molecule has 3 heterocycles. The van der Waals surface area contributed by atoms with Gasteiger partial charge in [0.2, 0.25) is 11.8 Å². The van der Waals surface area contributed by atoms with Gasteiger partial charge in [-0.3, -0.25) is 29.4 Å². The summed E-state index contributed by atoms with van der Waals surface area (Å²) in [7, 11) is 1.87. The summed E-state index contributed by atoms with van der Waals surface area (Å²) >= 11 is 0. The number of hydrogen-bond acceptors (Lipinski definition) is 7. The highest BCUT2D eigenvalue weighted by Crippen LogP contribution is 2.35. The largest absolute Gasteiger partial charge is 0.444 e. The molecule has 182 valence electrons. The number of carbonyl (C=O) groups is 5. The van der Waals surface area contributed by atoms with Crippen molar-refractivity contribution in [1.82, 2.24) is 15.1 Å². The standard InChI is InChI=1S/C24H30N4O6/c1-24(2,3)34-23(33)27-12-10-14(11-13-27)26(4)16-7-5-6-15-19(16)22(32)28(21(15)31)17-8-9-18(29)25-20(17)30/h5-7,14,17H,8-13H2,1-4H3,(H,25,29,30). The lowest BCUT2D eigenvalue weighted by Gasteiger charge is -2.38. The van der Waals surface area contributed by atoms with Gasteiger partial charge in [-0.15, -0.1) is 0 Å². The first kappa shape index (κ1) is 23.7. The summed E-state index contributed by atoms with van der Waals surface area (Å²) in [4.78, 5) is 67.3. The lowest BCUT2D eigenvalue weighted by Crippen LogP contribution is -2.54. The molecule has 0 bridgehead atoms. The van der Waals surface area contributed by atoms with E-state index in [9.17, 15) is 24.0 Å². The summed E-state index contributed by atoms with van der Waals surface area (Å²) in [5, 5.41) is 2.21. The van der Waals surface area contributed by atoms with Gasteiger partial charge >= 0.3 is 6.09 Å². The number of anilines is 1. The molecule has 0 radical (unpaired) electrons. The summed E-state index contributed by atoms with van der Waals surface area (Å²) in [6, 6.07) is 4.15. The third kappa shape index (κ3) is 4.36. The molecule has 1 aromatic rings. The second kappa shape index (κ2) is 8.73. The van der Waals surface area contributed by atoms with E-state index >= 15 is 0 Å². The number of piperidine rings is 2. The number of nitrogens with zero attached hydrogens (tertiary/aromatic N) is 3. The average molecular weight is 471 g/mol. The third-order valence-electron chi connectivity index (χ3n) is 6.49. The molecule has 2 saturated heterocycles. The Morgan fingerprint density at radius 2 is 1.74 bits per heavy atom. The third-order valence-corrected chi connectivity index (χ3v) is 6.49. The molecular weight excluding hydrogens is 440 g/mol. The van der Waals surface area contributed by atoms with E-state index in [0.717, 1.165) is 4.90 Å². The lowest BCUT2D eigenvalue weighted by atomic mass is 10.0. The Bertz CT molecular complexity index is 1050. The number of imide groups is 2. The Morgan fingerprint density at radius 3 is 2.35 bits per heavy atom. The lowest BCUT2D eigenvalue weighted by molar-refractivity contribution is -0.136. The van der Waals surface area contributed by atoms with Gasteiger partial charge in [0.05, 0.1) is 16.8 Å². The topological polar surface area (TPSA) is 116 Å². The van der Waals surface area contributed by atoms with Gasteiger partial charge in [0.15, 0.2) is 0 Å². The van der Waals surface area contributed by atoms with Crippen molar-refractivity contribution in [2.75, 3.05) is 25.0 Å². The molecule has 3 aliphatic heterocycles. The predicted octanol–water partition coefficient (Wildman–Crippen LogP) is 1.92. The van der Waals surface area contributed by atoms with Crippen LogP contribution in [-0.2, 0) is 14.3 Å². The average Bonchev–Trinajstić information content (AvgIpc) is 3.03. The molecule has 0 aliphatic carbocycles. The van der Waals surface area contributed by atoms with Gasteiger partial charge in [-0.05, 0) is 52.2 Å². The maximum atomic E-state index is 13.4. The van der Waals surface area contributed by atoms with E-state index in [-0.39, 0.29) is 36.1 Å². The fourth-order valence-corrected chi connectivity index (χ4v) is 4.75. The summed E-state index contributed by atoms with van der Waals surface area (Å²) in [5.41, 5.74) is 0.581. The Labute approximate surface area is 198 Å². The molecule has 0 spiro atoms. The van der Waals surface area contributed by atoms with Crippen LogP contribution in [0.25, 0.3) is 0 Å². The van der Waals surface area contributed by atoms with Gasteiger partial charge in [0, 0.05) is 32.6 Å². The Hall–Kier alpha value is -3.43. The van der Waals surface area contributed by atoms with Crippen molar-refractivity contribution < 1.29 is 28.7 Å². The molecule has 1 aromatic carbocycles. The molecule has 1 unspecified atom stereocenters. The maximum Gasteiger partial charge on any atom is 0.410 e. The molecule has 1 N–H and O–H groups in total. The number of fused-ring (bicyclic) bond motifs is 1. The van der Waals surface area contributed by atoms with E-state index in [4.69, 9.17) is 4.74 Å².